The van der Waals surface area contributed by atoms with Crippen LogP contribution in [0.3, 0.4) is 0 Å². The minimum absolute atomic E-state index is 0.107. The summed E-state index contributed by atoms with van der Waals surface area (Å²) in [5.41, 5.74) is 0.944. The molecule has 0 unspecified atom stereocenters. The van der Waals surface area contributed by atoms with Gasteiger partial charge in [-0.05, 0) is 24.1 Å². The molecule has 2 saturated heterocycles. The second-order valence-electron chi connectivity index (χ2n) is 5.83. The van der Waals surface area contributed by atoms with Crippen molar-refractivity contribution in [1.82, 2.24) is 15.5 Å². The van der Waals surface area contributed by atoms with Crippen molar-refractivity contribution in [3.05, 3.63) is 34.9 Å². The molecule has 2 fully saturated rings. The maximum Gasteiger partial charge on any atom is 0.246 e. The number of nitrogens with zero attached hydrogens (tertiary/aromatic N) is 1. The molecule has 2 heterocycles. The molecule has 0 spiro atoms. The molecule has 3 amide bonds. The van der Waals surface area contributed by atoms with E-state index in [0.717, 1.165) is 5.56 Å². The van der Waals surface area contributed by atoms with E-state index >= 15 is 0 Å². The fourth-order valence-corrected chi connectivity index (χ4v) is 4.08. The molecular formula is C16H18ClN3O3S. The molecule has 3 rings (SSSR count). The van der Waals surface area contributed by atoms with Crippen molar-refractivity contribution in [1.29, 1.82) is 0 Å². The summed E-state index contributed by atoms with van der Waals surface area (Å²) in [6.45, 7) is 0.388. The molecule has 2 N–H and O–H groups in total. The lowest BCUT2D eigenvalue weighted by molar-refractivity contribution is -0.139. The van der Waals surface area contributed by atoms with Crippen LogP contribution < -0.4 is 10.6 Å². The van der Waals surface area contributed by atoms with Gasteiger partial charge in [0.15, 0.2) is 0 Å². The molecule has 24 heavy (non-hydrogen) atoms. The van der Waals surface area contributed by atoms with E-state index < -0.39 is 12.1 Å². The zero-order valence-corrected chi connectivity index (χ0v) is 14.5. The predicted octanol–water partition coefficient (Wildman–Crippen LogP) is 1.14. The first-order valence-corrected chi connectivity index (χ1v) is 9.27. The highest BCUT2D eigenvalue weighted by molar-refractivity contribution is 7.99. The monoisotopic (exact) mass is 367 g/mol. The molecule has 1 aromatic rings. The van der Waals surface area contributed by atoms with E-state index in [1.807, 2.05) is 12.1 Å². The summed E-state index contributed by atoms with van der Waals surface area (Å²) < 4.78 is 0. The summed E-state index contributed by atoms with van der Waals surface area (Å²) in [6.07, 6.45) is 0.864. The molecule has 8 heteroatoms. The van der Waals surface area contributed by atoms with E-state index in [2.05, 4.69) is 10.6 Å². The molecule has 2 aliphatic rings. The van der Waals surface area contributed by atoms with E-state index in [-0.39, 0.29) is 17.7 Å². The lowest BCUT2D eigenvalue weighted by atomic mass is 10.1. The quantitative estimate of drug-likeness (QED) is 0.836. The third-order valence-corrected chi connectivity index (χ3v) is 5.41. The third kappa shape index (κ3) is 3.84. The first-order chi connectivity index (χ1) is 11.5. The summed E-state index contributed by atoms with van der Waals surface area (Å²) >= 11 is 7.38. The van der Waals surface area contributed by atoms with Gasteiger partial charge in [-0.15, -0.1) is 11.8 Å². The molecule has 0 saturated carbocycles. The Hall–Kier alpha value is -1.73. The first-order valence-electron chi connectivity index (χ1n) is 7.74. The van der Waals surface area contributed by atoms with Gasteiger partial charge in [0.25, 0.3) is 0 Å². The Balaban J connectivity index is 1.58. The Morgan fingerprint density at radius 2 is 2.08 bits per heavy atom. The van der Waals surface area contributed by atoms with Crippen molar-refractivity contribution in [3.8, 4) is 0 Å². The SMILES string of the molecule is O=C1CC[C@@H](C(=O)N2CSC[C@H]2C(=O)NCc2ccc(Cl)cc2)N1. The fourth-order valence-electron chi connectivity index (χ4n) is 2.79. The average molecular weight is 368 g/mol. The van der Waals surface area contributed by atoms with Crippen molar-refractivity contribution < 1.29 is 14.4 Å². The standard InChI is InChI=1S/C16H18ClN3O3S/c17-11-3-1-10(2-4-11)7-18-15(22)13-8-24-9-20(13)16(23)12-5-6-14(21)19-12/h1-4,12-13H,5-9H2,(H,18,22)(H,19,21)/t12-,13-/m0/s1. The molecular weight excluding hydrogens is 350 g/mol. The van der Waals surface area contributed by atoms with Crippen LogP contribution in [0.4, 0.5) is 0 Å². The number of carbonyl (C=O) groups is 3. The summed E-state index contributed by atoms with van der Waals surface area (Å²) in [4.78, 5) is 37.8. The molecule has 0 radical (unpaired) electrons. The topological polar surface area (TPSA) is 78.5 Å². The second kappa shape index (κ2) is 7.44. The minimum atomic E-state index is -0.497. The predicted molar refractivity (Wildman–Crippen MR) is 92.4 cm³/mol. The first kappa shape index (κ1) is 17.1. The second-order valence-corrected chi connectivity index (χ2v) is 7.26. The van der Waals surface area contributed by atoms with Crippen LogP contribution >= 0.6 is 23.4 Å². The lowest BCUT2D eigenvalue weighted by Crippen LogP contribution is -2.52. The van der Waals surface area contributed by atoms with Gasteiger partial charge < -0.3 is 15.5 Å². The van der Waals surface area contributed by atoms with Crippen LogP contribution in [-0.4, -0.2) is 46.3 Å². The average Bonchev–Trinajstić information content (AvgIpc) is 3.22. The Kier molecular flexibility index (Phi) is 5.30. The highest BCUT2D eigenvalue weighted by Crippen LogP contribution is 2.24. The number of thioether (sulfide) groups is 1. The fraction of sp³-hybridized carbons (Fsp3) is 0.438. The minimum Gasteiger partial charge on any atom is -0.350 e. The van der Waals surface area contributed by atoms with Gasteiger partial charge in [0.2, 0.25) is 17.7 Å². The number of amides is 3. The molecule has 1 aromatic carbocycles. The lowest BCUT2D eigenvalue weighted by Gasteiger charge is -2.25. The van der Waals surface area contributed by atoms with Crippen LogP contribution in [0.15, 0.2) is 24.3 Å². The van der Waals surface area contributed by atoms with Gasteiger partial charge in [0, 0.05) is 23.7 Å². The molecule has 2 atom stereocenters. The van der Waals surface area contributed by atoms with Gasteiger partial charge >= 0.3 is 0 Å². The van der Waals surface area contributed by atoms with Crippen molar-refractivity contribution in [3.63, 3.8) is 0 Å². The largest absolute Gasteiger partial charge is 0.350 e. The van der Waals surface area contributed by atoms with E-state index in [4.69, 9.17) is 11.6 Å². The Morgan fingerprint density at radius 3 is 2.75 bits per heavy atom. The summed E-state index contributed by atoms with van der Waals surface area (Å²) in [7, 11) is 0. The van der Waals surface area contributed by atoms with Crippen molar-refractivity contribution in [2.75, 3.05) is 11.6 Å². The van der Waals surface area contributed by atoms with Crippen molar-refractivity contribution in [2.24, 2.45) is 0 Å². The third-order valence-electron chi connectivity index (χ3n) is 4.14. The molecule has 2 aliphatic heterocycles. The Labute approximate surface area is 149 Å². The summed E-state index contributed by atoms with van der Waals surface area (Å²) in [5, 5.41) is 6.18. The Bertz CT molecular complexity index is 652. The van der Waals surface area contributed by atoms with Crippen molar-refractivity contribution >= 4 is 41.1 Å². The Morgan fingerprint density at radius 1 is 1.33 bits per heavy atom. The van der Waals surface area contributed by atoms with Gasteiger partial charge in [-0.1, -0.05) is 23.7 Å². The number of benzene rings is 1. The summed E-state index contributed by atoms with van der Waals surface area (Å²) in [6, 6.07) is 6.25. The molecule has 0 bridgehead atoms. The van der Waals surface area contributed by atoms with Gasteiger partial charge in [0.1, 0.15) is 12.1 Å². The maximum atomic E-state index is 12.5. The van der Waals surface area contributed by atoms with E-state index in [0.29, 0.717) is 36.0 Å². The maximum absolute atomic E-state index is 12.5. The normalized spacial score (nSPS) is 23.2. The highest BCUT2D eigenvalue weighted by Gasteiger charge is 2.39. The molecule has 0 aliphatic carbocycles. The highest BCUT2D eigenvalue weighted by atomic mass is 35.5. The number of halogens is 1. The van der Waals surface area contributed by atoms with E-state index in [9.17, 15) is 14.4 Å². The van der Waals surface area contributed by atoms with Crippen LogP contribution in [-0.2, 0) is 20.9 Å². The van der Waals surface area contributed by atoms with Gasteiger partial charge in [-0.2, -0.15) is 0 Å². The smallest absolute Gasteiger partial charge is 0.246 e. The molecule has 0 aromatic heterocycles. The van der Waals surface area contributed by atoms with Gasteiger partial charge in [0.05, 0.1) is 5.88 Å². The number of nitrogens with one attached hydrogen (secondary N) is 2. The van der Waals surface area contributed by atoms with Crippen LogP contribution in [0.25, 0.3) is 0 Å². The zero-order chi connectivity index (χ0) is 17.1. The summed E-state index contributed by atoms with van der Waals surface area (Å²) in [5.74, 6) is 0.595. The van der Waals surface area contributed by atoms with E-state index in [1.54, 1.807) is 28.8 Å². The van der Waals surface area contributed by atoms with Gasteiger partial charge in [-0.3, -0.25) is 14.4 Å². The number of rotatable bonds is 4. The number of hydrogen-bond acceptors (Lipinski definition) is 4. The number of carbonyl (C=O) groups excluding carboxylic acids is 3. The van der Waals surface area contributed by atoms with Gasteiger partial charge in [-0.25, -0.2) is 0 Å². The van der Waals surface area contributed by atoms with Crippen LogP contribution in [0.5, 0.6) is 0 Å². The van der Waals surface area contributed by atoms with E-state index in [1.165, 1.54) is 0 Å². The number of hydrogen-bond donors (Lipinski definition) is 2. The van der Waals surface area contributed by atoms with Crippen molar-refractivity contribution in [2.45, 2.75) is 31.5 Å². The zero-order valence-electron chi connectivity index (χ0n) is 13.0. The molecule has 6 nitrogen and oxygen atoms in total. The molecule has 128 valence electrons. The van der Waals surface area contributed by atoms with Crippen LogP contribution in [0.2, 0.25) is 5.02 Å². The van der Waals surface area contributed by atoms with Crippen LogP contribution in [0.1, 0.15) is 18.4 Å². The van der Waals surface area contributed by atoms with Crippen LogP contribution in [0, 0.1) is 0 Å².